The molecule has 146 valence electrons. The van der Waals surface area contributed by atoms with Crippen LogP contribution in [0.3, 0.4) is 0 Å². The second-order valence-corrected chi connectivity index (χ2v) is 9.39. The van der Waals surface area contributed by atoms with Gasteiger partial charge >= 0.3 is 0 Å². The number of primary sulfonamides is 1. The molecule has 7 heteroatoms. The van der Waals surface area contributed by atoms with Crippen molar-refractivity contribution in [1.29, 1.82) is 0 Å². The van der Waals surface area contributed by atoms with Crippen LogP contribution in [0, 0.1) is 6.92 Å². The highest BCUT2D eigenvalue weighted by Crippen LogP contribution is 2.37. The third kappa shape index (κ3) is 3.55. The molecule has 0 unspecified atom stereocenters. The van der Waals surface area contributed by atoms with Gasteiger partial charge in [0.25, 0.3) is 0 Å². The van der Waals surface area contributed by atoms with Gasteiger partial charge in [0.05, 0.1) is 4.90 Å². The molecule has 0 amide bonds. The Bertz CT molecular complexity index is 1410. The lowest BCUT2D eigenvalue weighted by Gasteiger charge is -2.12. The third-order valence-corrected chi connectivity index (χ3v) is 6.96. The first kappa shape index (κ1) is 19.3. The van der Waals surface area contributed by atoms with Crippen molar-refractivity contribution in [3.63, 3.8) is 0 Å². The molecule has 0 spiro atoms. The minimum absolute atomic E-state index is 0.0236. The first-order chi connectivity index (χ1) is 13.8. The fourth-order valence-electron chi connectivity index (χ4n) is 3.20. The normalized spacial score (nSPS) is 11.7. The molecule has 0 saturated heterocycles. The number of benzene rings is 3. The molecule has 0 aliphatic heterocycles. The Morgan fingerprint density at radius 1 is 0.897 bits per heavy atom. The van der Waals surface area contributed by atoms with Gasteiger partial charge < -0.3 is 5.73 Å². The largest absolute Gasteiger partial charge is 0.398 e. The van der Waals surface area contributed by atoms with E-state index in [1.165, 1.54) is 23.5 Å². The van der Waals surface area contributed by atoms with Crippen LogP contribution in [0.1, 0.15) is 5.56 Å². The van der Waals surface area contributed by atoms with Gasteiger partial charge in [0, 0.05) is 26.2 Å². The monoisotopic (exact) mass is 422 g/mol. The zero-order chi connectivity index (χ0) is 20.8. The maximum absolute atomic E-state index is 13.4. The van der Waals surface area contributed by atoms with E-state index in [4.69, 9.17) is 10.9 Å². The molecule has 4 N–H and O–H groups in total. The van der Waals surface area contributed by atoms with Gasteiger partial charge in [-0.2, -0.15) is 0 Å². The molecule has 1 aromatic heterocycles. The summed E-state index contributed by atoms with van der Waals surface area (Å²) in [7, 11) is -3.79. The number of rotatable bonds is 3. The van der Waals surface area contributed by atoms with E-state index >= 15 is 0 Å². The summed E-state index contributed by atoms with van der Waals surface area (Å²) < 4.78 is 24.0. The van der Waals surface area contributed by atoms with Crippen molar-refractivity contribution in [2.45, 2.75) is 11.8 Å². The van der Waals surface area contributed by atoms with E-state index in [1.807, 2.05) is 43.3 Å². The molecule has 5 nitrogen and oxygen atoms in total. The van der Waals surface area contributed by atoms with Crippen molar-refractivity contribution in [2.75, 3.05) is 5.73 Å². The van der Waals surface area contributed by atoms with E-state index in [-0.39, 0.29) is 10.3 Å². The number of sulfonamides is 1. The molecule has 0 aliphatic carbocycles. The van der Waals surface area contributed by atoms with E-state index < -0.39 is 10.0 Å². The van der Waals surface area contributed by atoms with Crippen LogP contribution in [0.25, 0.3) is 31.7 Å². The topological polar surface area (TPSA) is 103 Å². The molecule has 0 radical (unpaired) electrons. The molecule has 1 heterocycles. The first-order valence-electron chi connectivity index (χ1n) is 8.81. The highest BCUT2D eigenvalue weighted by molar-refractivity contribution is 7.89. The Morgan fingerprint density at radius 2 is 1.55 bits per heavy atom. The summed E-state index contributed by atoms with van der Waals surface area (Å²) in [4.78, 5) is 14.2. The number of nitrogens with two attached hydrogens (primary N) is 2. The summed E-state index contributed by atoms with van der Waals surface area (Å²) in [5.74, 6) is 0. The molecule has 0 aliphatic rings. The number of fused-ring (bicyclic) bond motifs is 1. The van der Waals surface area contributed by atoms with Gasteiger partial charge in [-0.3, -0.25) is 4.79 Å². The fourth-order valence-corrected chi connectivity index (χ4v) is 4.92. The number of hydrogen-bond acceptors (Lipinski definition) is 5. The number of anilines is 1. The lowest BCUT2D eigenvalue weighted by atomic mass is 9.98. The minimum atomic E-state index is -3.79. The molecule has 0 saturated carbocycles. The van der Waals surface area contributed by atoms with Gasteiger partial charge in [0.15, 0.2) is 5.43 Å². The van der Waals surface area contributed by atoms with Gasteiger partial charge in [0.2, 0.25) is 10.0 Å². The third-order valence-electron chi connectivity index (χ3n) is 4.81. The van der Waals surface area contributed by atoms with Crippen LogP contribution < -0.4 is 16.3 Å². The highest BCUT2D eigenvalue weighted by atomic mass is 32.2. The van der Waals surface area contributed by atoms with Crippen LogP contribution in [0.2, 0.25) is 0 Å². The zero-order valence-electron chi connectivity index (χ0n) is 15.5. The van der Waals surface area contributed by atoms with Crippen molar-refractivity contribution >= 4 is 37.1 Å². The fraction of sp³-hybridized carbons (Fsp3) is 0.0455. The molecule has 29 heavy (non-hydrogen) atoms. The van der Waals surface area contributed by atoms with Gasteiger partial charge in [-0.25, -0.2) is 13.6 Å². The van der Waals surface area contributed by atoms with E-state index in [0.29, 0.717) is 16.6 Å². The maximum Gasteiger partial charge on any atom is 0.238 e. The number of nitrogen functional groups attached to an aromatic ring is 1. The predicted molar refractivity (Wildman–Crippen MR) is 119 cm³/mol. The van der Waals surface area contributed by atoms with Crippen molar-refractivity contribution in [3.8, 4) is 21.6 Å². The van der Waals surface area contributed by atoms with Gasteiger partial charge in [-0.1, -0.05) is 36.4 Å². The van der Waals surface area contributed by atoms with Crippen molar-refractivity contribution < 1.29 is 8.42 Å². The van der Waals surface area contributed by atoms with Crippen LogP contribution in [-0.4, -0.2) is 8.42 Å². The van der Waals surface area contributed by atoms with Crippen LogP contribution in [-0.2, 0) is 10.0 Å². The van der Waals surface area contributed by atoms with Gasteiger partial charge in [-0.05, 0) is 53.9 Å². The number of aryl methyl sites for hydroxylation is 1. The quantitative estimate of drug-likeness (QED) is 0.484. The Kier molecular flexibility index (Phi) is 4.74. The smallest absolute Gasteiger partial charge is 0.238 e. The summed E-state index contributed by atoms with van der Waals surface area (Å²) in [6.07, 6.45) is 0. The van der Waals surface area contributed by atoms with Crippen molar-refractivity contribution in [2.24, 2.45) is 5.14 Å². The molecule has 0 atom stereocenters. The van der Waals surface area contributed by atoms with E-state index in [0.717, 1.165) is 26.3 Å². The maximum atomic E-state index is 13.4. The summed E-state index contributed by atoms with van der Waals surface area (Å²) >= 11 is 1.48. The Labute approximate surface area is 172 Å². The second kappa shape index (κ2) is 7.11. The Morgan fingerprint density at radius 3 is 2.21 bits per heavy atom. The van der Waals surface area contributed by atoms with Crippen molar-refractivity contribution in [3.05, 3.63) is 82.5 Å². The molecule has 4 aromatic rings. The van der Waals surface area contributed by atoms with Crippen LogP contribution in [0.15, 0.2) is 76.4 Å². The van der Waals surface area contributed by atoms with Crippen LogP contribution in [0.5, 0.6) is 0 Å². The summed E-state index contributed by atoms with van der Waals surface area (Å²) in [5, 5.41) is 5.84. The zero-order valence-corrected chi connectivity index (χ0v) is 17.2. The summed E-state index contributed by atoms with van der Waals surface area (Å²) in [6, 6.07) is 19.2. The summed E-state index contributed by atoms with van der Waals surface area (Å²) in [6.45, 7) is 1.91. The average Bonchev–Trinajstić information content (AvgIpc) is 2.70. The van der Waals surface area contributed by atoms with Gasteiger partial charge in [0.1, 0.15) is 0 Å². The SMILES string of the molecule is Cc1ccc(-c2c(-c3ccc(S(N)(=O)=O)cc3)sc3ccccc3c2=O)cc1N. The van der Waals surface area contributed by atoms with E-state index in [2.05, 4.69) is 0 Å². The Balaban J connectivity index is 2.04. The molecular weight excluding hydrogens is 404 g/mol. The molecule has 0 bridgehead atoms. The summed E-state index contributed by atoms with van der Waals surface area (Å²) in [5.41, 5.74) is 9.56. The molecule has 0 fully saturated rings. The Hall–Kier alpha value is -3.00. The van der Waals surface area contributed by atoms with Crippen LogP contribution >= 0.6 is 11.3 Å². The van der Waals surface area contributed by atoms with Gasteiger partial charge in [-0.15, -0.1) is 11.3 Å². The van der Waals surface area contributed by atoms with Crippen LogP contribution in [0.4, 0.5) is 5.69 Å². The predicted octanol–water partition coefficient (Wildman–Crippen LogP) is 4.13. The molecular formula is C22H18N2O3S2. The molecule has 4 rings (SSSR count). The van der Waals surface area contributed by atoms with E-state index in [1.54, 1.807) is 18.2 Å². The minimum Gasteiger partial charge on any atom is -0.398 e. The lowest BCUT2D eigenvalue weighted by Crippen LogP contribution is -2.11. The standard InChI is InChI=1S/C22H18N2O3S2/c1-13-6-7-15(12-18(13)23)20-21(25)17-4-2-3-5-19(17)28-22(20)14-8-10-16(11-9-14)29(24,26)27/h2-12H,23H2,1H3,(H2,24,26,27). The second-order valence-electron chi connectivity index (χ2n) is 6.77. The van der Waals surface area contributed by atoms with Crippen molar-refractivity contribution in [1.82, 2.24) is 0 Å². The number of hydrogen-bond donors (Lipinski definition) is 2. The first-order valence-corrected chi connectivity index (χ1v) is 11.2. The van der Waals surface area contributed by atoms with E-state index in [9.17, 15) is 13.2 Å². The lowest BCUT2D eigenvalue weighted by molar-refractivity contribution is 0.598. The average molecular weight is 423 g/mol. The molecule has 3 aromatic carbocycles. The highest BCUT2D eigenvalue weighted by Gasteiger charge is 2.17.